The second-order valence-electron chi connectivity index (χ2n) is 5.42. The van der Waals surface area contributed by atoms with E-state index in [1.54, 1.807) is 0 Å². The zero-order chi connectivity index (χ0) is 16.3. The Morgan fingerprint density at radius 3 is 1.57 bits per heavy atom. The highest BCUT2D eigenvalue weighted by Gasteiger charge is 2.31. The molecule has 0 aliphatic carbocycles. The van der Waals surface area contributed by atoms with Crippen molar-refractivity contribution in [3.05, 3.63) is 96.3 Å². The Labute approximate surface area is 151 Å². The zero-order valence-corrected chi connectivity index (χ0v) is 14.6. The summed E-state index contributed by atoms with van der Waals surface area (Å²) in [6.45, 7) is 0. The Kier molecular flexibility index (Phi) is 5.01. The molecule has 118 valence electrons. The third-order valence-corrected chi connectivity index (χ3v) is 4.59. The van der Waals surface area contributed by atoms with Crippen molar-refractivity contribution in [1.29, 1.82) is 0 Å². The molecular formula is C19H16Cl3N. The first-order valence-electron chi connectivity index (χ1n) is 7.36. The largest absolute Gasteiger partial charge is 0.343 e. The molecule has 0 atom stereocenters. The third kappa shape index (κ3) is 3.92. The van der Waals surface area contributed by atoms with Crippen molar-refractivity contribution in [3.63, 3.8) is 0 Å². The fraction of sp³-hybridized carbons (Fsp3) is 0.158. The molecule has 2 aromatic carbocycles. The van der Waals surface area contributed by atoms with Crippen LogP contribution in [-0.4, -0.2) is 8.69 Å². The van der Waals surface area contributed by atoms with Crippen LogP contribution in [-0.2, 0) is 0 Å². The Morgan fingerprint density at radius 1 is 0.739 bits per heavy atom. The summed E-state index contributed by atoms with van der Waals surface area (Å²) in [6.07, 6.45) is 7.81. The molecule has 1 heterocycles. The van der Waals surface area contributed by atoms with Crippen molar-refractivity contribution >= 4 is 34.8 Å². The molecule has 0 fully saturated rings. The molecule has 0 spiro atoms. The quantitative estimate of drug-likeness (QED) is 0.594. The van der Waals surface area contributed by atoms with Gasteiger partial charge in [0.25, 0.3) is 0 Å². The van der Waals surface area contributed by atoms with E-state index < -0.39 is 3.79 Å². The molecule has 1 aliphatic heterocycles. The standard InChI is InChI=1S/C19H16Cl3N/c20-19(21,22)17-11-13-23(14-12-17)18(15-7-3-1-4-8-15)16-9-5-2-6-10-16/h1-14,17-18H. The highest BCUT2D eigenvalue weighted by atomic mass is 35.6. The van der Waals surface area contributed by atoms with E-state index in [9.17, 15) is 0 Å². The molecule has 4 heteroatoms. The van der Waals surface area contributed by atoms with Gasteiger partial charge in [-0.3, -0.25) is 0 Å². The minimum atomic E-state index is -1.33. The number of hydrogen-bond donors (Lipinski definition) is 0. The van der Waals surface area contributed by atoms with Crippen LogP contribution in [0, 0.1) is 5.92 Å². The van der Waals surface area contributed by atoms with Gasteiger partial charge in [0.2, 0.25) is 0 Å². The summed E-state index contributed by atoms with van der Waals surface area (Å²) in [5.41, 5.74) is 2.42. The zero-order valence-electron chi connectivity index (χ0n) is 12.3. The van der Waals surface area contributed by atoms with Gasteiger partial charge in [0.05, 0.1) is 6.04 Å². The van der Waals surface area contributed by atoms with Gasteiger partial charge < -0.3 is 4.90 Å². The lowest BCUT2D eigenvalue weighted by molar-refractivity contribution is 0.414. The molecule has 0 radical (unpaired) electrons. The average Bonchev–Trinajstić information content (AvgIpc) is 2.57. The molecule has 0 amide bonds. The lowest BCUT2D eigenvalue weighted by Gasteiger charge is -2.32. The van der Waals surface area contributed by atoms with Crippen LogP contribution in [0.15, 0.2) is 85.2 Å². The van der Waals surface area contributed by atoms with Crippen LogP contribution in [0.1, 0.15) is 17.2 Å². The first kappa shape index (κ1) is 16.4. The molecule has 23 heavy (non-hydrogen) atoms. The molecule has 0 N–H and O–H groups in total. The van der Waals surface area contributed by atoms with E-state index in [0.717, 1.165) is 0 Å². The first-order chi connectivity index (χ1) is 11.1. The molecule has 3 rings (SSSR count). The van der Waals surface area contributed by atoms with Gasteiger partial charge in [-0.1, -0.05) is 108 Å². The summed E-state index contributed by atoms with van der Waals surface area (Å²) >= 11 is 17.9. The maximum atomic E-state index is 5.98. The number of alkyl halides is 3. The summed E-state index contributed by atoms with van der Waals surface area (Å²) in [5.74, 6) is -0.226. The van der Waals surface area contributed by atoms with Gasteiger partial charge in [0, 0.05) is 18.3 Å². The van der Waals surface area contributed by atoms with Gasteiger partial charge in [0.15, 0.2) is 3.79 Å². The summed E-state index contributed by atoms with van der Waals surface area (Å²) in [4.78, 5) is 2.14. The van der Waals surface area contributed by atoms with Crippen molar-refractivity contribution in [1.82, 2.24) is 4.90 Å². The summed E-state index contributed by atoms with van der Waals surface area (Å²) in [6, 6.07) is 20.8. The number of halogens is 3. The van der Waals surface area contributed by atoms with E-state index in [1.165, 1.54) is 11.1 Å². The molecule has 1 nitrogen and oxygen atoms in total. The summed E-state index contributed by atoms with van der Waals surface area (Å²) in [7, 11) is 0. The topological polar surface area (TPSA) is 3.24 Å². The van der Waals surface area contributed by atoms with Gasteiger partial charge in [-0.05, 0) is 11.1 Å². The van der Waals surface area contributed by atoms with E-state index in [1.807, 2.05) is 61.0 Å². The van der Waals surface area contributed by atoms with Gasteiger partial charge in [-0.2, -0.15) is 0 Å². The molecule has 0 unspecified atom stereocenters. The van der Waals surface area contributed by atoms with E-state index in [0.29, 0.717) is 0 Å². The van der Waals surface area contributed by atoms with Gasteiger partial charge >= 0.3 is 0 Å². The van der Waals surface area contributed by atoms with Crippen molar-refractivity contribution < 1.29 is 0 Å². The second-order valence-corrected chi connectivity index (χ2v) is 7.79. The molecule has 0 aromatic heterocycles. The normalized spacial score (nSPS) is 15.4. The number of nitrogens with zero attached hydrogens (tertiary/aromatic N) is 1. The molecule has 0 saturated carbocycles. The van der Waals surface area contributed by atoms with E-state index in [-0.39, 0.29) is 12.0 Å². The second kappa shape index (κ2) is 7.00. The lowest BCUT2D eigenvalue weighted by Crippen LogP contribution is -2.25. The smallest absolute Gasteiger partial charge is 0.200 e. The molecule has 2 aromatic rings. The van der Waals surface area contributed by atoms with Crippen LogP contribution in [0.3, 0.4) is 0 Å². The summed E-state index contributed by atoms with van der Waals surface area (Å²) < 4.78 is -1.33. The maximum Gasteiger partial charge on any atom is 0.200 e. The Balaban J connectivity index is 1.94. The molecule has 1 aliphatic rings. The van der Waals surface area contributed by atoms with Crippen LogP contribution in [0.4, 0.5) is 0 Å². The number of rotatable bonds is 3. The predicted octanol–water partition coefficient (Wildman–Crippen LogP) is 6.11. The maximum absolute atomic E-state index is 5.98. The fourth-order valence-corrected chi connectivity index (χ4v) is 3.13. The van der Waals surface area contributed by atoms with Crippen LogP contribution in [0.5, 0.6) is 0 Å². The number of benzene rings is 2. The highest BCUT2D eigenvalue weighted by Crippen LogP contribution is 2.39. The van der Waals surface area contributed by atoms with E-state index >= 15 is 0 Å². The van der Waals surface area contributed by atoms with Crippen molar-refractivity contribution in [2.24, 2.45) is 5.92 Å². The van der Waals surface area contributed by atoms with Crippen LogP contribution in [0.2, 0.25) is 0 Å². The SMILES string of the molecule is ClC(Cl)(Cl)C1C=CN(C(c2ccccc2)c2ccccc2)C=C1. The fourth-order valence-electron chi connectivity index (χ4n) is 2.70. The van der Waals surface area contributed by atoms with E-state index in [2.05, 4.69) is 29.2 Å². The Bertz CT molecular complexity index is 636. The monoisotopic (exact) mass is 363 g/mol. The highest BCUT2D eigenvalue weighted by molar-refractivity contribution is 6.67. The van der Waals surface area contributed by atoms with Crippen molar-refractivity contribution in [2.75, 3.05) is 0 Å². The third-order valence-electron chi connectivity index (χ3n) is 3.84. The average molecular weight is 365 g/mol. The summed E-state index contributed by atoms with van der Waals surface area (Å²) in [5, 5.41) is 0. The van der Waals surface area contributed by atoms with Crippen molar-refractivity contribution in [2.45, 2.75) is 9.83 Å². The predicted molar refractivity (Wildman–Crippen MR) is 98.6 cm³/mol. The van der Waals surface area contributed by atoms with Crippen LogP contribution < -0.4 is 0 Å². The minimum Gasteiger partial charge on any atom is -0.343 e. The van der Waals surface area contributed by atoms with Crippen LogP contribution in [0.25, 0.3) is 0 Å². The lowest BCUT2D eigenvalue weighted by atomic mass is 9.96. The van der Waals surface area contributed by atoms with Gasteiger partial charge in [0.1, 0.15) is 0 Å². The number of allylic oxidation sites excluding steroid dienone is 2. The van der Waals surface area contributed by atoms with Crippen LogP contribution >= 0.6 is 34.8 Å². The first-order valence-corrected chi connectivity index (χ1v) is 8.50. The molecule has 0 bridgehead atoms. The Hall–Kier alpha value is -1.41. The Morgan fingerprint density at radius 2 is 1.17 bits per heavy atom. The minimum absolute atomic E-state index is 0.0845. The number of hydrogen-bond acceptors (Lipinski definition) is 1. The molecular weight excluding hydrogens is 349 g/mol. The van der Waals surface area contributed by atoms with E-state index in [4.69, 9.17) is 34.8 Å². The van der Waals surface area contributed by atoms with Gasteiger partial charge in [-0.25, -0.2) is 0 Å². The molecule has 0 saturated heterocycles. The van der Waals surface area contributed by atoms with Crippen molar-refractivity contribution in [3.8, 4) is 0 Å². The van der Waals surface area contributed by atoms with Gasteiger partial charge in [-0.15, -0.1) is 0 Å².